The Labute approximate surface area is 215 Å². The van der Waals surface area contributed by atoms with Gasteiger partial charge in [-0.05, 0) is 0 Å². The molecule has 0 spiro atoms. The smallest absolute Gasteiger partial charge is 0 e. The Morgan fingerprint density at radius 2 is 0.385 bits per heavy atom. The second-order valence-corrected chi connectivity index (χ2v) is 1.92. The van der Waals surface area contributed by atoms with E-state index in [-0.39, 0.29) is 156 Å². The van der Waals surface area contributed by atoms with Crippen LogP contribution >= 0.6 is 0 Å². The molecular formula is C24H52Zr2-16. The van der Waals surface area contributed by atoms with Crippen molar-refractivity contribution >= 4 is 0 Å². The minimum absolute atomic E-state index is 0. The van der Waals surface area contributed by atoms with Crippen molar-refractivity contribution in [3.05, 3.63) is 165 Å². The fraction of sp³-hybridized carbons (Fsp3) is 0. The Morgan fingerprint density at radius 3 is 0.423 bits per heavy atom. The molecular weight excluding hydrogens is 471 g/mol. The molecule has 0 aliphatic heterocycles. The van der Waals surface area contributed by atoms with E-state index in [0.29, 0.717) is 0 Å². The standard InChI is InChI=1S/2C5H5.14CH3.2Zr/c2*1-2-4-5-3-1;;;;;;;;;;;;;;;;/h2*1-5H;14*1H3;;/q16*-1;;. The maximum absolute atomic E-state index is 2.00. The van der Waals surface area contributed by atoms with Gasteiger partial charge in [-0.1, -0.05) is 0 Å². The third kappa shape index (κ3) is 123. The summed E-state index contributed by atoms with van der Waals surface area (Å²) in [6.07, 6.45) is 0. The van der Waals surface area contributed by atoms with E-state index < -0.39 is 0 Å². The van der Waals surface area contributed by atoms with Gasteiger partial charge >= 0.3 is 0 Å². The van der Waals surface area contributed by atoms with E-state index in [1.54, 1.807) is 0 Å². The number of hydrogen-bond acceptors (Lipinski definition) is 0. The van der Waals surface area contributed by atoms with Crippen LogP contribution in [0.4, 0.5) is 0 Å². The molecule has 0 amide bonds. The summed E-state index contributed by atoms with van der Waals surface area (Å²) in [5.74, 6) is 0. The van der Waals surface area contributed by atoms with Crippen LogP contribution < -0.4 is 0 Å². The summed E-state index contributed by atoms with van der Waals surface area (Å²) in [7, 11) is 0. The fourth-order valence-corrected chi connectivity index (χ4v) is 0.642. The summed E-state index contributed by atoms with van der Waals surface area (Å²) in [5, 5.41) is 0. The molecule has 0 atom stereocenters. The van der Waals surface area contributed by atoms with Gasteiger partial charge in [0.25, 0.3) is 0 Å². The Kier molecular flexibility index (Phi) is 839. The van der Waals surface area contributed by atoms with Gasteiger partial charge in [0.05, 0.1) is 0 Å². The first-order chi connectivity index (χ1) is 5.00. The second-order valence-electron chi connectivity index (χ2n) is 1.92. The van der Waals surface area contributed by atoms with Crippen molar-refractivity contribution in [2.45, 2.75) is 0 Å². The average Bonchev–Trinajstić information content (AvgIpc) is 2.67. The Morgan fingerprint density at radius 1 is 0.269 bits per heavy atom. The van der Waals surface area contributed by atoms with Gasteiger partial charge in [-0.15, -0.1) is 0 Å². The minimum atomic E-state index is 0. The van der Waals surface area contributed by atoms with Crippen LogP contribution in [0.2, 0.25) is 0 Å². The van der Waals surface area contributed by atoms with Gasteiger partial charge in [0, 0.05) is 52.4 Å². The molecule has 0 bridgehead atoms. The van der Waals surface area contributed by atoms with Gasteiger partial charge < -0.3 is 104 Å². The van der Waals surface area contributed by atoms with Crippen LogP contribution in [-0.4, -0.2) is 0 Å². The van der Waals surface area contributed by atoms with E-state index in [2.05, 4.69) is 0 Å². The number of rotatable bonds is 0. The Bertz CT molecular complexity index is 149. The molecule has 2 aromatic rings. The van der Waals surface area contributed by atoms with Crippen LogP contribution in [0.1, 0.15) is 0 Å². The van der Waals surface area contributed by atoms with E-state index in [4.69, 9.17) is 0 Å². The maximum Gasteiger partial charge on any atom is 0 e. The molecule has 0 aliphatic rings. The first-order valence-corrected chi connectivity index (χ1v) is 3.33. The molecule has 0 fully saturated rings. The third-order valence-corrected chi connectivity index (χ3v) is 1.11. The molecule has 2 heteroatoms. The van der Waals surface area contributed by atoms with Crippen molar-refractivity contribution in [1.82, 2.24) is 0 Å². The zero-order valence-electron chi connectivity index (χ0n) is 20.8. The van der Waals surface area contributed by atoms with Crippen LogP contribution in [0.25, 0.3) is 0 Å². The Balaban J connectivity index is -0.00000000340. The van der Waals surface area contributed by atoms with Gasteiger partial charge in [0.1, 0.15) is 0 Å². The van der Waals surface area contributed by atoms with Crippen molar-refractivity contribution in [3.63, 3.8) is 0 Å². The van der Waals surface area contributed by atoms with Gasteiger partial charge in [0.15, 0.2) is 0 Å². The quantitative estimate of drug-likeness (QED) is 0.302. The van der Waals surface area contributed by atoms with Crippen molar-refractivity contribution in [3.8, 4) is 0 Å². The summed E-state index contributed by atoms with van der Waals surface area (Å²) < 4.78 is 0. The maximum atomic E-state index is 2.00. The molecule has 26 heavy (non-hydrogen) atoms. The van der Waals surface area contributed by atoms with Crippen molar-refractivity contribution < 1.29 is 52.4 Å². The van der Waals surface area contributed by atoms with Gasteiger partial charge in [-0.25, -0.2) is 24.3 Å². The SMILES string of the molecule is [CH3-].[CH3-].[CH3-].[CH3-].[CH3-].[CH3-].[CH3-].[CH3-].[CH3-].[CH3-].[CH3-].[CH3-].[CH3-].[CH3-].[Zr].[Zr].c1cc[cH-]c1.c1cc[cH-]c1. The van der Waals surface area contributed by atoms with Crippen molar-refractivity contribution in [2.75, 3.05) is 0 Å². The van der Waals surface area contributed by atoms with E-state index in [9.17, 15) is 0 Å². The molecule has 0 unspecified atom stereocenters. The zero-order valence-corrected chi connectivity index (χ0v) is 25.7. The summed E-state index contributed by atoms with van der Waals surface area (Å²) in [6, 6.07) is 20.0. The van der Waals surface area contributed by atoms with Crippen LogP contribution in [0.15, 0.2) is 60.7 Å². The van der Waals surface area contributed by atoms with E-state index in [1.807, 2.05) is 60.7 Å². The summed E-state index contributed by atoms with van der Waals surface area (Å²) >= 11 is 0. The third-order valence-electron chi connectivity index (χ3n) is 1.11. The van der Waals surface area contributed by atoms with E-state index in [1.165, 1.54) is 0 Å². The normalized spacial score (nSPS) is 3.08. The largest absolute Gasteiger partial charge is 0.358 e. The molecule has 2 rings (SSSR count). The summed E-state index contributed by atoms with van der Waals surface area (Å²) in [4.78, 5) is 0. The molecule has 2 aromatic carbocycles. The fourth-order valence-electron chi connectivity index (χ4n) is 0.642. The Hall–Kier alpha value is 0.466. The molecule has 0 aromatic heterocycles. The molecule has 172 valence electrons. The number of hydrogen-bond donors (Lipinski definition) is 0. The minimum Gasteiger partial charge on any atom is -0.358 e. The second kappa shape index (κ2) is 139. The van der Waals surface area contributed by atoms with Crippen molar-refractivity contribution in [1.29, 1.82) is 0 Å². The first-order valence-electron chi connectivity index (χ1n) is 3.33. The monoisotopic (exact) mass is 520 g/mol. The molecule has 0 heterocycles. The zero-order chi connectivity index (χ0) is 7.07. The van der Waals surface area contributed by atoms with Crippen LogP contribution in [0.3, 0.4) is 0 Å². The van der Waals surface area contributed by atoms with Gasteiger partial charge in [-0.2, -0.15) is 36.4 Å². The van der Waals surface area contributed by atoms with Crippen LogP contribution in [0.5, 0.6) is 0 Å². The van der Waals surface area contributed by atoms with Crippen LogP contribution in [-0.2, 0) is 52.4 Å². The summed E-state index contributed by atoms with van der Waals surface area (Å²) in [6.45, 7) is 0. The van der Waals surface area contributed by atoms with Gasteiger partial charge in [-0.3, -0.25) is 0 Å². The predicted octanol–water partition coefficient (Wildman–Crippen LogP) is 9.11. The van der Waals surface area contributed by atoms with E-state index >= 15 is 0 Å². The predicted molar refractivity (Wildman–Crippen MR) is 134 cm³/mol. The molecule has 0 saturated carbocycles. The average molecular weight is 523 g/mol. The topological polar surface area (TPSA) is 0 Å². The van der Waals surface area contributed by atoms with Crippen LogP contribution in [0, 0.1) is 104 Å². The van der Waals surface area contributed by atoms with E-state index in [0.717, 1.165) is 0 Å². The molecule has 0 radical (unpaired) electrons. The van der Waals surface area contributed by atoms with Gasteiger partial charge in [0.2, 0.25) is 0 Å². The first kappa shape index (κ1) is 157. The summed E-state index contributed by atoms with van der Waals surface area (Å²) in [5.41, 5.74) is 0. The molecule has 0 nitrogen and oxygen atoms in total. The molecule has 0 N–H and O–H groups in total. The van der Waals surface area contributed by atoms with Crippen molar-refractivity contribution in [2.24, 2.45) is 0 Å². The molecule has 0 saturated heterocycles. The molecule has 0 aliphatic carbocycles.